The van der Waals surface area contributed by atoms with Crippen molar-refractivity contribution >= 4 is 60.2 Å². The Kier molecular flexibility index (Phi) is 8.79. The lowest BCUT2D eigenvalue weighted by Crippen LogP contribution is -2.26. The van der Waals surface area contributed by atoms with Gasteiger partial charge < -0.3 is 4.90 Å². The molecule has 1 heteroatoms. The summed E-state index contributed by atoms with van der Waals surface area (Å²) < 4.78 is 0. The lowest BCUT2D eigenvalue weighted by Gasteiger charge is -2.33. The molecule has 350 valence electrons. The topological polar surface area (TPSA) is 3.24 Å². The van der Waals surface area contributed by atoms with Gasteiger partial charge in [0.05, 0.1) is 11.1 Å². The first-order valence-corrected chi connectivity index (χ1v) is 26.4. The van der Waals surface area contributed by atoms with Crippen LogP contribution in [0.1, 0.15) is 47.2 Å². The van der Waals surface area contributed by atoms with Crippen LogP contribution >= 0.6 is 0 Å². The first-order valence-electron chi connectivity index (χ1n) is 26.4. The number of rotatable bonds is 5. The third-order valence-corrected chi connectivity index (χ3v) is 17.5. The zero-order valence-electron chi connectivity index (χ0n) is 41.8. The standard InChI is InChI=1S/C74H49N/c1-73(2)66-30-13-9-25-58(66)62-40-36-48(42-70(62)73)46-34-37-49(38-35-46)75(50-39-41-57-55-23-6-5-21-53(55)54-22-7-8-24-56(54)63(57)43-50)72-45-71-64(44-65(72)52-29-17-19-47-18-3-4-20-51(47)52)61-28-12-16-33-69(61)74(71)67-31-14-10-26-59(67)60-27-11-15-32-68(60)74/h3-45H,1-2H3. The molecule has 0 atom stereocenters. The van der Waals surface area contributed by atoms with E-state index in [2.05, 4.69) is 280 Å². The molecule has 0 unspecified atom stereocenters. The van der Waals surface area contributed by atoms with Crippen LogP contribution in [0.4, 0.5) is 17.1 Å². The van der Waals surface area contributed by atoms with Crippen molar-refractivity contribution in [2.24, 2.45) is 0 Å². The first-order chi connectivity index (χ1) is 37.0. The molecule has 0 aliphatic heterocycles. The smallest absolute Gasteiger partial charge is 0.0726 e. The van der Waals surface area contributed by atoms with Crippen LogP contribution < -0.4 is 4.90 Å². The molecule has 1 nitrogen and oxygen atoms in total. The highest BCUT2D eigenvalue weighted by Gasteiger charge is 2.52. The van der Waals surface area contributed by atoms with Gasteiger partial charge in [-0.3, -0.25) is 0 Å². The van der Waals surface area contributed by atoms with Gasteiger partial charge >= 0.3 is 0 Å². The summed E-state index contributed by atoms with van der Waals surface area (Å²) in [6, 6.07) is 98.8. The van der Waals surface area contributed by atoms with Gasteiger partial charge in [0.25, 0.3) is 0 Å². The van der Waals surface area contributed by atoms with Gasteiger partial charge in [0.2, 0.25) is 0 Å². The molecular formula is C74H49N. The van der Waals surface area contributed by atoms with E-state index >= 15 is 0 Å². The summed E-state index contributed by atoms with van der Waals surface area (Å²) in [5, 5.41) is 10.00. The predicted octanol–water partition coefficient (Wildman–Crippen LogP) is 19.8. The molecule has 0 amide bonds. The van der Waals surface area contributed by atoms with Crippen LogP contribution in [0.3, 0.4) is 0 Å². The molecule has 13 aromatic rings. The number of fused-ring (bicyclic) bond motifs is 20. The Hall–Kier alpha value is -9.30. The molecule has 3 aliphatic rings. The molecule has 0 saturated carbocycles. The summed E-state index contributed by atoms with van der Waals surface area (Å²) in [6.07, 6.45) is 0. The van der Waals surface area contributed by atoms with Gasteiger partial charge in [0.1, 0.15) is 0 Å². The molecule has 0 bridgehead atoms. The van der Waals surface area contributed by atoms with Crippen LogP contribution in [0.25, 0.3) is 98.7 Å². The number of anilines is 3. The Balaban J connectivity index is 0.993. The molecule has 75 heavy (non-hydrogen) atoms. The van der Waals surface area contributed by atoms with Crippen molar-refractivity contribution in [2.75, 3.05) is 4.90 Å². The van der Waals surface area contributed by atoms with Crippen LogP contribution in [-0.2, 0) is 10.8 Å². The highest BCUT2D eigenvalue weighted by Crippen LogP contribution is 2.64. The summed E-state index contributed by atoms with van der Waals surface area (Å²) in [4.78, 5) is 2.57. The lowest BCUT2D eigenvalue weighted by atomic mass is 9.70. The van der Waals surface area contributed by atoms with Crippen molar-refractivity contribution < 1.29 is 0 Å². The number of hydrogen-bond acceptors (Lipinski definition) is 1. The third kappa shape index (κ3) is 5.78. The van der Waals surface area contributed by atoms with Crippen molar-refractivity contribution in [3.05, 3.63) is 294 Å². The highest BCUT2D eigenvalue weighted by molar-refractivity contribution is 6.26. The number of hydrogen-bond donors (Lipinski definition) is 0. The zero-order chi connectivity index (χ0) is 49.6. The molecule has 13 aromatic carbocycles. The molecule has 0 aromatic heterocycles. The fraction of sp³-hybridized carbons (Fsp3) is 0.0541. The van der Waals surface area contributed by atoms with Gasteiger partial charge in [0.15, 0.2) is 0 Å². The zero-order valence-corrected chi connectivity index (χ0v) is 41.8. The lowest BCUT2D eigenvalue weighted by molar-refractivity contribution is 0.660. The van der Waals surface area contributed by atoms with Crippen LogP contribution in [0.2, 0.25) is 0 Å². The van der Waals surface area contributed by atoms with Crippen molar-refractivity contribution in [2.45, 2.75) is 24.7 Å². The average Bonchev–Trinajstić information content (AvgIpc) is 4.23. The van der Waals surface area contributed by atoms with E-state index in [4.69, 9.17) is 0 Å². The molecule has 0 fully saturated rings. The van der Waals surface area contributed by atoms with E-state index in [1.54, 1.807) is 0 Å². The van der Waals surface area contributed by atoms with Gasteiger partial charge in [-0.2, -0.15) is 0 Å². The van der Waals surface area contributed by atoms with Crippen molar-refractivity contribution in [3.63, 3.8) is 0 Å². The van der Waals surface area contributed by atoms with Crippen LogP contribution in [-0.4, -0.2) is 0 Å². The molecule has 0 radical (unpaired) electrons. The second kappa shape index (κ2) is 15.6. The van der Waals surface area contributed by atoms with E-state index in [1.165, 1.54) is 132 Å². The molecule has 1 spiro atoms. The predicted molar refractivity (Wildman–Crippen MR) is 316 cm³/mol. The summed E-state index contributed by atoms with van der Waals surface area (Å²) in [5.41, 5.74) is 23.4. The minimum Gasteiger partial charge on any atom is -0.310 e. The van der Waals surface area contributed by atoms with Gasteiger partial charge in [-0.25, -0.2) is 0 Å². The minimum absolute atomic E-state index is 0.0901. The molecular weight excluding hydrogens is 903 g/mol. The second-order valence-electron chi connectivity index (χ2n) is 21.5. The van der Waals surface area contributed by atoms with Crippen molar-refractivity contribution in [3.8, 4) is 55.6 Å². The molecule has 16 rings (SSSR count). The maximum Gasteiger partial charge on any atom is 0.0726 e. The quantitative estimate of drug-likeness (QED) is 0.155. The van der Waals surface area contributed by atoms with Crippen molar-refractivity contribution in [1.82, 2.24) is 0 Å². The van der Waals surface area contributed by atoms with Crippen LogP contribution in [0.5, 0.6) is 0 Å². The maximum absolute atomic E-state index is 2.59. The Morgan fingerprint density at radius 2 is 0.707 bits per heavy atom. The molecule has 0 saturated heterocycles. The summed E-state index contributed by atoms with van der Waals surface area (Å²) in [5.74, 6) is 0. The number of nitrogens with zero attached hydrogens (tertiary/aromatic N) is 1. The SMILES string of the molecule is CC1(C)c2ccccc2-c2ccc(-c3ccc(N(c4ccc5c6ccccc6c6ccccc6c5c4)c4cc5c(cc4-c4cccc6ccccc46)-c4ccccc4C54c5ccccc5-c5ccccc54)cc3)cc21. The second-order valence-corrected chi connectivity index (χ2v) is 21.5. The van der Waals surface area contributed by atoms with E-state index in [0.29, 0.717) is 0 Å². The van der Waals surface area contributed by atoms with Crippen LogP contribution in [0, 0.1) is 0 Å². The van der Waals surface area contributed by atoms with Gasteiger partial charge in [-0.05, 0) is 169 Å². The summed E-state index contributed by atoms with van der Waals surface area (Å²) in [6.45, 7) is 4.74. The monoisotopic (exact) mass is 951 g/mol. The summed E-state index contributed by atoms with van der Waals surface area (Å²) >= 11 is 0. The summed E-state index contributed by atoms with van der Waals surface area (Å²) in [7, 11) is 0. The Labute approximate surface area is 437 Å². The average molecular weight is 952 g/mol. The van der Waals surface area contributed by atoms with Crippen molar-refractivity contribution in [1.29, 1.82) is 0 Å². The van der Waals surface area contributed by atoms with E-state index in [-0.39, 0.29) is 5.41 Å². The number of benzene rings is 13. The molecule has 0 N–H and O–H groups in total. The van der Waals surface area contributed by atoms with E-state index < -0.39 is 5.41 Å². The van der Waals surface area contributed by atoms with E-state index in [9.17, 15) is 0 Å². The Bertz CT molecular complexity index is 4480. The maximum atomic E-state index is 2.59. The minimum atomic E-state index is -0.528. The van der Waals surface area contributed by atoms with Gasteiger partial charge in [-0.15, -0.1) is 0 Å². The molecule has 0 heterocycles. The first kappa shape index (κ1) is 42.2. The fourth-order valence-corrected chi connectivity index (χ4v) is 14.1. The Morgan fingerprint density at radius 3 is 1.35 bits per heavy atom. The van der Waals surface area contributed by atoms with E-state index in [0.717, 1.165) is 17.1 Å². The fourth-order valence-electron chi connectivity index (χ4n) is 14.1. The normalized spacial score (nSPS) is 13.9. The van der Waals surface area contributed by atoms with E-state index in [1.807, 2.05) is 0 Å². The van der Waals surface area contributed by atoms with Crippen LogP contribution in [0.15, 0.2) is 261 Å². The van der Waals surface area contributed by atoms with Gasteiger partial charge in [0, 0.05) is 22.4 Å². The molecule has 3 aliphatic carbocycles. The van der Waals surface area contributed by atoms with Gasteiger partial charge in [-0.1, -0.05) is 232 Å². The largest absolute Gasteiger partial charge is 0.310 e. The Morgan fingerprint density at radius 1 is 0.253 bits per heavy atom. The highest BCUT2D eigenvalue weighted by atomic mass is 15.1. The third-order valence-electron chi connectivity index (χ3n) is 17.5.